The summed E-state index contributed by atoms with van der Waals surface area (Å²) in [6.07, 6.45) is 4.75. The summed E-state index contributed by atoms with van der Waals surface area (Å²) in [5.74, 6) is 1.80. The highest BCUT2D eigenvalue weighted by molar-refractivity contribution is 9.10. The summed E-state index contributed by atoms with van der Waals surface area (Å²) in [7, 11) is 1.78. The number of ether oxygens (including phenoxy) is 1. The second kappa shape index (κ2) is 9.47. The third kappa shape index (κ3) is 5.63. The van der Waals surface area contributed by atoms with Crippen molar-refractivity contribution in [2.75, 3.05) is 20.2 Å². The van der Waals surface area contributed by atoms with Crippen molar-refractivity contribution in [2.45, 2.75) is 53.4 Å². The monoisotopic (exact) mass is 355 g/mol. The van der Waals surface area contributed by atoms with Crippen LogP contribution in [0.4, 0.5) is 0 Å². The summed E-state index contributed by atoms with van der Waals surface area (Å²) >= 11 is 3.66. The number of rotatable bonds is 9. The fourth-order valence-electron chi connectivity index (χ4n) is 2.69. The molecule has 0 spiro atoms. The lowest BCUT2D eigenvalue weighted by molar-refractivity contribution is 0.401. The molecule has 1 aromatic carbocycles. The van der Waals surface area contributed by atoms with Gasteiger partial charge < -0.3 is 10.1 Å². The average Bonchev–Trinajstić information content (AvgIpc) is 2.45. The minimum atomic E-state index is 0.734. The SMILES string of the molecule is CCCNCCC(C)CCc1c(C)c(Br)cc(C)c1OC. The van der Waals surface area contributed by atoms with Crippen LogP contribution in [0.5, 0.6) is 5.75 Å². The Bertz CT molecular complexity index is 445. The molecule has 21 heavy (non-hydrogen) atoms. The number of nitrogens with one attached hydrogen (secondary N) is 1. The smallest absolute Gasteiger partial charge is 0.125 e. The normalized spacial score (nSPS) is 12.5. The van der Waals surface area contributed by atoms with E-state index in [0.717, 1.165) is 31.2 Å². The molecule has 120 valence electrons. The molecule has 0 radical (unpaired) electrons. The molecule has 0 aliphatic carbocycles. The zero-order chi connectivity index (χ0) is 15.8. The molecule has 0 fully saturated rings. The minimum Gasteiger partial charge on any atom is -0.496 e. The van der Waals surface area contributed by atoms with Crippen molar-refractivity contribution in [3.63, 3.8) is 0 Å². The van der Waals surface area contributed by atoms with Gasteiger partial charge >= 0.3 is 0 Å². The van der Waals surface area contributed by atoms with E-state index in [1.165, 1.54) is 40.4 Å². The summed E-state index contributed by atoms with van der Waals surface area (Å²) in [6.45, 7) is 11.1. The summed E-state index contributed by atoms with van der Waals surface area (Å²) in [5, 5.41) is 3.48. The second-order valence-corrected chi connectivity index (χ2v) is 6.85. The van der Waals surface area contributed by atoms with Gasteiger partial charge in [-0.05, 0) is 81.3 Å². The van der Waals surface area contributed by atoms with E-state index in [2.05, 4.69) is 55.0 Å². The molecule has 0 saturated heterocycles. The molecule has 0 amide bonds. The Labute approximate surface area is 138 Å². The number of halogens is 1. The Kier molecular flexibility index (Phi) is 8.35. The first-order chi connectivity index (χ1) is 10.0. The van der Waals surface area contributed by atoms with Crippen LogP contribution in [0, 0.1) is 19.8 Å². The maximum atomic E-state index is 5.62. The largest absolute Gasteiger partial charge is 0.496 e. The van der Waals surface area contributed by atoms with Gasteiger partial charge in [-0.25, -0.2) is 0 Å². The van der Waals surface area contributed by atoms with E-state index in [1.807, 2.05) is 0 Å². The number of hydrogen-bond acceptors (Lipinski definition) is 2. The lowest BCUT2D eigenvalue weighted by atomic mass is 9.94. The van der Waals surface area contributed by atoms with Crippen LogP contribution in [0.3, 0.4) is 0 Å². The lowest BCUT2D eigenvalue weighted by Crippen LogP contribution is -2.18. The maximum absolute atomic E-state index is 5.62. The molecular weight excluding hydrogens is 326 g/mol. The first kappa shape index (κ1) is 18.5. The average molecular weight is 356 g/mol. The summed E-state index contributed by atoms with van der Waals surface area (Å²) in [4.78, 5) is 0. The predicted molar refractivity (Wildman–Crippen MR) is 95.4 cm³/mol. The topological polar surface area (TPSA) is 21.3 Å². The number of methoxy groups -OCH3 is 1. The van der Waals surface area contributed by atoms with Crippen LogP contribution in [0.2, 0.25) is 0 Å². The van der Waals surface area contributed by atoms with Gasteiger partial charge in [0.15, 0.2) is 0 Å². The van der Waals surface area contributed by atoms with E-state index in [9.17, 15) is 0 Å². The number of hydrogen-bond donors (Lipinski definition) is 1. The third-order valence-corrected chi connectivity index (χ3v) is 4.94. The van der Waals surface area contributed by atoms with Gasteiger partial charge in [0.25, 0.3) is 0 Å². The highest BCUT2D eigenvalue weighted by Crippen LogP contribution is 2.33. The molecule has 0 aromatic heterocycles. The van der Waals surface area contributed by atoms with Crippen molar-refractivity contribution in [3.8, 4) is 5.75 Å². The summed E-state index contributed by atoms with van der Waals surface area (Å²) < 4.78 is 6.81. The fraction of sp³-hybridized carbons (Fsp3) is 0.667. The van der Waals surface area contributed by atoms with Gasteiger partial charge in [0, 0.05) is 4.47 Å². The van der Waals surface area contributed by atoms with Gasteiger partial charge in [0.1, 0.15) is 5.75 Å². The predicted octanol–water partition coefficient (Wildman–Crippen LogP) is 5.03. The Balaban J connectivity index is 2.62. The number of benzene rings is 1. The van der Waals surface area contributed by atoms with Crippen LogP contribution >= 0.6 is 15.9 Å². The van der Waals surface area contributed by atoms with Gasteiger partial charge in [0.2, 0.25) is 0 Å². The Morgan fingerprint density at radius 1 is 1.24 bits per heavy atom. The molecule has 0 bridgehead atoms. The zero-order valence-electron chi connectivity index (χ0n) is 14.2. The molecule has 0 heterocycles. The van der Waals surface area contributed by atoms with Crippen LogP contribution in [0.15, 0.2) is 10.5 Å². The van der Waals surface area contributed by atoms with Crippen molar-refractivity contribution in [1.29, 1.82) is 0 Å². The minimum absolute atomic E-state index is 0.734. The third-order valence-electron chi connectivity index (χ3n) is 4.12. The van der Waals surface area contributed by atoms with Crippen molar-refractivity contribution in [3.05, 3.63) is 27.2 Å². The molecule has 0 saturated carbocycles. The summed E-state index contributed by atoms with van der Waals surface area (Å²) in [6, 6.07) is 2.15. The Hall–Kier alpha value is -0.540. The number of aryl methyl sites for hydroxylation is 1. The van der Waals surface area contributed by atoms with Crippen LogP contribution in [0.25, 0.3) is 0 Å². The fourth-order valence-corrected chi connectivity index (χ4v) is 3.27. The zero-order valence-corrected chi connectivity index (χ0v) is 15.8. The van der Waals surface area contributed by atoms with Crippen molar-refractivity contribution >= 4 is 15.9 Å². The van der Waals surface area contributed by atoms with E-state index >= 15 is 0 Å². The molecule has 1 rings (SSSR count). The lowest BCUT2D eigenvalue weighted by Gasteiger charge is -2.18. The van der Waals surface area contributed by atoms with E-state index in [0.29, 0.717) is 0 Å². The molecule has 1 atom stereocenters. The Morgan fingerprint density at radius 2 is 1.95 bits per heavy atom. The second-order valence-electron chi connectivity index (χ2n) is 5.99. The first-order valence-electron chi connectivity index (χ1n) is 8.04. The quantitative estimate of drug-likeness (QED) is 0.627. The van der Waals surface area contributed by atoms with E-state index < -0.39 is 0 Å². The molecule has 1 unspecified atom stereocenters. The molecule has 2 nitrogen and oxygen atoms in total. The van der Waals surface area contributed by atoms with E-state index in [-0.39, 0.29) is 0 Å². The van der Waals surface area contributed by atoms with Crippen LogP contribution in [0.1, 0.15) is 49.8 Å². The van der Waals surface area contributed by atoms with Crippen LogP contribution < -0.4 is 10.1 Å². The highest BCUT2D eigenvalue weighted by Gasteiger charge is 2.14. The molecule has 1 N–H and O–H groups in total. The molecule has 1 aromatic rings. The Morgan fingerprint density at radius 3 is 2.57 bits per heavy atom. The van der Waals surface area contributed by atoms with E-state index in [4.69, 9.17) is 4.74 Å². The van der Waals surface area contributed by atoms with Crippen LogP contribution in [-0.2, 0) is 6.42 Å². The molecule has 3 heteroatoms. The van der Waals surface area contributed by atoms with Crippen molar-refractivity contribution in [2.24, 2.45) is 5.92 Å². The molecule has 0 aliphatic heterocycles. The van der Waals surface area contributed by atoms with Crippen molar-refractivity contribution in [1.82, 2.24) is 5.32 Å². The van der Waals surface area contributed by atoms with Crippen molar-refractivity contribution < 1.29 is 4.74 Å². The van der Waals surface area contributed by atoms with E-state index in [1.54, 1.807) is 7.11 Å². The van der Waals surface area contributed by atoms with Gasteiger partial charge in [-0.3, -0.25) is 0 Å². The van der Waals surface area contributed by atoms with Gasteiger partial charge in [0.05, 0.1) is 7.11 Å². The first-order valence-corrected chi connectivity index (χ1v) is 8.83. The molecule has 0 aliphatic rings. The maximum Gasteiger partial charge on any atom is 0.125 e. The summed E-state index contributed by atoms with van der Waals surface area (Å²) in [5.41, 5.74) is 3.88. The van der Waals surface area contributed by atoms with Gasteiger partial charge in [-0.15, -0.1) is 0 Å². The van der Waals surface area contributed by atoms with Crippen LogP contribution in [-0.4, -0.2) is 20.2 Å². The van der Waals surface area contributed by atoms with Gasteiger partial charge in [-0.1, -0.05) is 29.8 Å². The standard InChI is InChI=1S/C18H30BrNO/c1-6-10-20-11-9-13(2)7-8-16-15(4)17(19)12-14(3)18(16)21-5/h12-13,20H,6-11H2,1-5H3. The van der Waals surface area contributed by atoms with Gasteiger partial charge in [-0.2, -0.15) is 0 Å². The highest BCUT2D eigenvalue weighted by atomic mass is 79.9. The molecular formula is C18H30BrNO.